The quantitative estimate of drug-likeness (QED) is 0.409. The summed E-state index contributed by atoms with van der Waals surface area (Å²) in [5.74, 6) is -0.631. The molecule has 0 radical (unpaired) electrons. The van der Waals surface area contributed by atoms with Crippen LogP contribution in [-0.4, -0.2) is 36.2 Å². The highest BCUT2D eigenvalue weighted by Crippen LogP contribution is 2.25. The average Bonchev–Trinajstić information content (AvgIpc) is 2.24. The van der Waals surface area contributed by atoms with Crippen LogP contribution in [-0.2, 0) is 9.53 Å². The van der Waals surface area contributed by atoms with E-state index in [0.29, 0.717) is 6.54 Å². The summed E-state index contributed by atoms with van der Waals surface area (Å²) in [6.07, 6.45) is 2.55. The van der Waals surface area contributed by atoms with E-state index < -0.39 is 12.1 Å². The van der Waals surface area contributed by atoms with Crippen molar-refractivity contribution in [3.63, 3.8) is 0 Å². The van der Waals surface area contributed by atoms with E-state index in [1.807, 2.05) is 0 Å². The van der Waals surface area contributed by atoms with Crippen LogP contribution in [0.4, 0.5) is 4.79 Å². The number of cyclic esters (lactones) is 2. The highest BCUT2D eigenvalue weighted by molar-refractivity contribution is 5.89. The van der Waals surface area contributed by atoms with Crippen molar-refractivity contribution in [2.45, 2.75) is 19.0 Å². The monoisotopic (exact) mass is 210 g/mol. The van der Waals surface area contributed by atoms with E-state index in [2.05, 4.69) is 16.6 Å². The van der Waals surface area contributed by atoms with Gasteiger partial charge in [0.2, 0.25) is 0 Å². The van der Waals surface area contributed by atoms with Gasteiger partial charge in [0.1, 0.15) is 0 Å². The van der Waals surface area contributed by atoms with Gasteiger partial charge in [0.05, 0.1) is 12.1 Å². The number of amides is 1. The fraction of sp³-hybridized carbons (Fsp3) is 0.600. The van der Waals surface area contributed by atoms with Gasteiger partial charge in [-0.2, -0.15) is 0 Å². The average molecular weight is 210 g/mol. The van der Waals surface area contributed by atoms with Crippen LogP contribution >= 0.6 is 0 Å². The van der Waals surface area contributed by atoms with Crippen molar-refractivity contribution in [2.24, 2.45) is 5.92 Å². The second kappa shape index (κ2) is 4.02. The highest BCUT2D eigenvalue weighted by Gasteiger charge is 2.43. The van der Waals surface area contributed by atoms with Crippen LogP contribution in [0.2, 0.25) is 0 Å². The van der Waals surface area contributed by atoms with E-state index in [-0.39, 0.29) is 12.1 Å². The van der Waals surface area contributed by atoms with Crippen LogP contribution < -0.4 is 5.32 Å². The van der Waals surface area contributed by atoms with E-state index in [1.165, 1.54) is 4.90 Å². The van der Waals surface area contributed by atoms with Crippen molar-refractivity contribution in [1.29, 1.82) is 0 Å². The zero-order chi connectivity index (χ0) is 10.8. The highest BCUT2D eigenvalue weighted by atomic mass is 16.6. The Kier molecular flexibility index (Phi) is 2.73. The summed E-state index contributed by atoms with van der Waals surface area (Å²) in [5, 5.41) is 3.17. The summed E-state index contributed by atoms with van der Waals surface area (Å²) < 4.78 is 4.68. The maximum Gasteiger partial charge on any atom is 0.419 e. The Labute approximate surface area is 88.1 Å². The number of hydrogen-bond donors (Lipinski definition) is 1. The zero-order valence-electron chi connectivity index (χ0n) is 8.44. The van der Waals surface area contributed by atoms with Gasteiger partial charge in [-0.25, -0.2) is 4.79 Å². The Morgan fingerprint density at radius 3 is 3.13 bits per heavy atom. The van der Waals surface area contributed by atoms with Crippen molar-refractivity contribution in [3.8, 4) is 0 Å². The first-order valence-corrected chi connectivity index (χ1v) is 5.10. The molecule has 2 aliphatic rings. The third kappa shape index (κ3) is 1.74. The largest absolute Gasteiger partial charge is 0.419 e. The molecule has 82 valence electrons. The van der Waals surface area contributed by atoms with Gasteiger partial charge >= 0.3 is 12.1 Å². The standard InChI is InChI=1S/C10H14N2O3/c1-2-6-12-8-7(4-3-5-11-8)9(13)15-10(12)14/h2,7-8,11H,1,3-6H2. The van der Waals surface area contributed by atoms with Crippen molar-refractivity contribution in [3.05, 3.63) is 12.7 Å². The molecule has 0 aromatic carbocycles. The first-order chi connectivity index (χ1) is 7.24. The van der Waals surface area contributed by atoms with Gasteiger partial charge in [-0.05, 0) is 19.4 Å². The molecule has 0 spiro atoms. The van der Waals surface area contributed by atoms with E-state index >= 15 is 0 Å². The molecule has 2 unspecified atom stereocenters. The number of nitrogens with one attached hydrogen (secondary N) is 1. The normalized spacial score (nSPS) is 30.8. The van der Waals surface area contributed by atoms with Crippen molar-refractivity contribution in [2.75, 3.05) is 13.1 Å². The third-order valence-electron chi connectivity index (χ3n) is 2.81. The first-order valence-electron chi connectivity index (χ1n) is 5.10. The smallest absolute Gasteiger partial charge is 0.376 e. The van der Waals surface area contributed by atoms with Gasteiger partial charge < -0.3 is 4.74 Å². The van der Waals surface area contributed by atoms with Crippen LogP contribution in [0.3, 0.4) is 0 Å². The molecule has 5 nitrogen and oxygen atoms in total. The lowest BCUT2D eigenvalue weighted by atomic mass is 9.94. The summed E-state index contributed by atoms with van der Waals surface area (Å²) in [7, 11) is 0. The number of rotatable bonds is 2. The minimum Gasteiger partial charge on any atom is -0.376 e. The number of hydrogen-bond acceptors (Lipinski definition) is 4. The van der Waals surface area contributed by atoms with Crippen LogP contribution in [0.5, 0.6) is 0 Å². The zero-order valence-corrected chi connectivity index (χ0v) is 8.44. The molecule has 5 heteroatoms. The number of fused-ring (bicyclic) bond motifs is 1. The molecule has 1 N–H and O–H groups in total. The lowest BCUT2D eigenvalue weighted by Gasteiger charge is -2.41. The minimum absolute atomic E-state index is 0.217. The summed E-state index contributed by atoms with van der Waals surface area (Å²) in [4.78, 5) is 24.4. The number of carbonyl (C=O) groups is 2. The molecular formula is C10H14N2O3. The Balaban J connectivity index is 2.19. The first kappa shape index (κ1) is 10.2. The fourth-order valence-electron chi connectivity index (χ4n) is 2.11. The Hall–Kier alpha value is -1.36. The van der Waals surface area contributed by atoms with E-state index in [0.717, 1.165) is 19.4 Å². The van der Waals surface area contributed by atoms with Gasteiger partial charge in [0, 0.05) is 6.54 Å². The number of carbonyl (C=O) groups excluding carboxylic acids is 2. The minimum atomic E-state index is -0.574. The summed E-state index contributed by atoms with van der Waals surface area (Å²) in [6, 6.07) is 0. The molecule has 2 rings (SSSR count). The molecule has 2 saturated heterocycles. The van der Waals surface area contributed by atoms with Crippen molar-refractivity contribution in [1.82, 2.24) is 10.2 Å². The van der Waals surface area contributed by atoms with Crippen LogP contribution in [0.25, 0.3) is 0 Å². The van der Waals surface area contributed by atoms with Gasteiger partial charge in [-0.3, -0.25) is 15.0 Å². The lowest BCUT2D eigenvalue weighted by molar-refractivity contribution is -0.153. The molecule has 0 saturated carbocycles. The second-order valence-corrected chi connectivity index (χ2v) is 3.78. The van der Waals surface area contributed by atoms with E-state index in [4.69, 9.17) is 0 Å². The molecule has 0 aromatic rings. The van der Waals surface area contributed by atoms with Crippen LogP contribution in [0.15, 0.2) is 12.7 Å². The molecule has 15 heavy (non-hydrogen) atoms. The molecule has 2 aliphatic heterocycles. The Morgan fingerprint density at radius 1 is 1.60 bits per heavy atom. The number of ether oxygens (including phenoxy) is 1. The lowest BCUT2D eigenvalue weighted by Crippen LogP contribution is -2.61. The number of piperidine rings is 1. The Morgan fingerprint density at radius 2 is 2.40 bits per heavy atom. The van der Waals surface area contributed by atoms with Gasteiger partial charge in [-0.15, -0.1) is 6.58 Å². The summed E-state index contributed by atoms with van der Waals surface area (Å²) in [5.41, 5.74) is 0. The maximum atomic E-state index is 11.5. The topological polar surface area (TPSA) is 58.6 Å². The summed E-state index contributed by atoms with van der Waals surface area (Å²) in [6.45, 7) is 4.82. The maximum absolute atomic E-state index is 11.5. The fourth-order valence-corrected chi connectivity index (χ4v) is 2.11. The molecule has 0 bridgehead atoms. The second-order valence-electron chi connectivity index (χ2n) is 3.78. The molecule has 2 heterocycles. The van der Waals surface area contributed by atoms with Gasteiger partial charge in [0.25, 0.3) is 0 Å². The number of esters is 1. The van der Waals surface area contributed by atoms with E-state index in [9.17, 15) is 9.59 Å². The van der Waals surface area contributed by atoms with Gasteiger partial charge in [0.15, 0.2) is 0 Å². The molecule has 2 atom stereocenters. The Bertz CT molecular complexity index is 303. The van der Waals surface area contributed by atoms with Crippen LogP contribution in [0.1, 0.15) is 12.8 Å². The predicted molar refractivity (Wildman–Crippen MR) is 52.9 cm³/mol. The third-order valence-corrected chi connectivity index (χ3v) is 2.81. The molecule has 2 fully saturated rings. The van der Waals surface area contributed by atoms with Crippen molar-refractivity contribution >= 4 is 12.1 Å². The predicted octanol–water partition coefficient (Wildman–Crippen LogP) is 0.477. The summed E-state index contributed by atoms with van der Waals surface area (Å²) >= 11 is 0. The SMILES string of the molecule is C=CCN1C(=O)OC(=O)C2CCCNC21. The molecule has 0 aromatic heterocycles. The van der Waals surface area contributed by atoms with Crippen molar-refractivity contribution < 1.29 is 14.3 Å². The molecular weight excluding hydrogens is 196 g/mol. The van der Waals surface area contributed by atoms with E-state index in [1.54, 1.807) is 6.08 Å². The van der Waals surface area contributed by atoms with Gasteiger partial charge in [-0.1, -0.05) is 6.08 Å². The van der Waals surface area contributed by atoms with Crippen LogP contribution in [0, 0.1) is 5.92 Å². The number of nitrogens with zero attached hydrogens (tertiary/aromatic N) is 1. The molecule has 0 aliphatic carbocycles. The molecule has 1 amide bonds.